The lowest BCUT2D eigenvalue weighted by molar-refractivity contribution is 0.0775. The summed E-state index contributed by atoms with van der Waals surface area (Å²) in [7, 11) is -4.01. The highest BCUT2D eigenvalue weighted by molar-refractivity contribution is 7.89. The molecule has 0 spiro atoms. The number of nitrogens with two attached hydrogens (primary N) is 1. The molecule has 8 heteroatoms. The molecule has 0 aromatic carbocycles. The molecule has 21 heavy (non-hydrogen) atoms. The Kier molecular flexibility index (Phi) is 4.12. The largest absolute Gasteiger partial charge is 0.337 e. The normalized spacial score (nSPS) is 23.0. The van der Waals surface area contributed by atoms with Crippen LogP contribution in [0.3, 0.4) is 0 Å². The Labute approximate surface area is 124 Å². The molecule has 0 bridgehead atoms. The van der Waals surface area contributed by atoms with Crippen LogP contribution in [-0.2, 0) is 10.0 Å². The molecular formula is C13H22N4O3S. The van der Waals surface area contributed by atoms with E-state index in [1.807, 2.05) is 13.8 Å². The predicted octanol–water partition coefficient (Wildman–Crippen LogP) is 0.909. The number of H-pyrrole nitrogens is 1. The number of primary sulfonamides is 1. The molecule has 1 saturated heterocycles. The van der Waals surface area contributed by atoms with E-state index in [0.29, 0.717) is 30.6 Å². The summed E-state index contributed by atoms with van der Waals surface area (Å²) in [6, 6.07) is 0. The third-order valence-corrected chi connectivity index (χ3v) is 5.07. The van der Waals surface area contributed by atoms with Crippen LogP contribution in [0.5, 0.6) is 0 Å². The zero-order valence-corrected chi connectivity index (χ0v) is 13.6. The third kappa shape index (κ3) is 2.96. The molecule has 2 heterocycles. The number of hydrogen-bond donors (Lipinski definition) is 2. The predicted molar refractivity (Wildman–Crippen MR) is 78.3 cm³/mol. The Morgan fingerprint density at radius 2 is 1.86 bits per heavy atom. The highest BCUT2D eigenvalue weighted by Crippen LogP contribution is 2.28. The van der Waals surface area contributed by atoms with Crippen molar-refractivity contribution >= 4 is 15.9 Å². The first-order valence-corrected chi connectivity index (χ1v) is 8.57. The highest BCUT2D eigenvalue weighted by Gasteiger charge is 2.35. The first-order valence-electron chi connectivity index (χ1n) is 7.03. The summed E-state index contributed by atoms with van der Waals surface area (Å²) < 4.78 is 23.7. The van der Waals surface area contributed by atoms with Crippen LogP contribution in [0.2, 0.25) is 0 Å². The molecule has 1 aromatic heterocycles. The lowest BCUT2D eigenvalue weighted by Crippen LogP contribution is -2.31. The molecule has 2 unspecified atom stereocenters. The van der Waals surface area contributed by atoms with Crippen LogP contribution in [0, 0.1) is 11.8 Å². The molecule has 3 N–H and O–H groups in total. The van der Waals surface area contributed by atoms with Crippen molar-refractivity contribution in [2.75, 3.05) is 13.1 Å². The quantitative estimate of drug-likeness (QED) is 0.864. The van der Waals surface area contributed by atoms with Gasteiger partial charge in [0.15, 0.2) is 5.69 Å². The van der Waals surface area contributed by atoms with Gasteiger partial charge in [0.1, 0.15) is 4.90 Å². The smallest absolute Gasteiger partial charge is 0.275 e. The van der Waals surface area contributed by atoms with Crippen LogP contribution < -0.4 is 5.14 Å². The van der Waals surface area contributed by atoms with Gasteiger partial charge in [0, 0.05) is 13.1 Å². The maximum atomic E-state index is 12.6. The first-order chi connectivity index (χ1) is 9.62. The van der Waals surface area contributed by atoms with Crippen molar-refractivity contribution in [3.05, 3.63) is 11.4 Å². The van der Waals surface area contributed by atoms with Crippen molar-refractivity contribution in [3.8, 4) is 0 Å². The van der Waals surface area contributed by atoms with Gasteiger partial charge in [-0.15, -0.1) is 0 Å². The van der Waals surface area contributed by atoms with Crippen molar-refractivity contribution < 1.29 is 13.2 Å². The number of rotatable bonds is 3. The van der Waals surface area contributed by atoms with Gasteiger partial charge in [-0.1, -0.05) is 27.7 Å². The Morgan fingerprint density at radius 3 is 2.29 bits per heavy atom. The van der Waals surface area contributed by atoms with E-state index in [1.54, 1.807) is 4.90 Å². The number of carbonyl (C=O) groups is 1. The summed E-state index contributed by atoms with van der Waals surface area (Å²) in [5, 5.41) is 11.8. The summed E-state index contributed by atoms with van der Waals surface area (Å²) in [4.78, 5) is 14.0. The van der Waals surface area contributed by atoms with Crippen LogP contribution in [0.25, 0.3) is 0 Å². The zero-order valence-electron chi connectivity index (χ0n) is 12.8. The second kappa shape index (κ2) is 5.42. The summed E-state index contributed by atoms with van der Waals surface area (Å²) in [6.45, 7) is 8.99. The summed E-state index contributed by atoms with van der Waals surface area (Å²) in [5.41, 5.74) is 0.281. The number of nitrogens with one attached hydrogen (secondary N) is 1. The van der Waals surface area contributed by atoms with Gasteiger partial charge in [-0.3, -0.25) is 9.89 Å². The maximum Gasteiger partial charge on any atom is 0.275 e. The van der Waals surface area contributed by atoms with Gasteiger partial charge in [-0.05, 0) is 17.8 Å². The molecule has 2 rings (SSSR count). The highest BCUT2D eigenvalue weighted by atomic mass is 32.2. The van der Waals surface area contributed by atoms with Gasteiger partial charge in [0.05, 0.1) is 5.69 Å². The fraction of sp³-hybridized carbons (Fsp3) is 0.692. The number of aromatic amines is 1. The van der Waals surface area contributed by atoms with Crippen LogP contribution in [0.1, 0.15) is 49.8 Å². The molecule has 0 aliphatic carbocycles. The minimum Gasteiger partial charge on any atom is -0.337 e. The van der Waals surface area contributed by atoms with Gasteiger partial charge in [0.25, 0.3) is 5.91 Å². The minimum absolute atomic E-state index is 0.0949. The van der Waals surface area contributed by atoms with Crippen molar-refractivity contribution in [2.45, 2.75) is 38.5 Å². The molecule has 1 aliphatic rings. The molecule has 118 valence electrons. The van der Waals surface area contributed by atoms with Crippen molar-refractivity contribution in [1.82, 2.24) is 15.1 Å². The monoisotopic (exact) mass is 314 g/mol. The fourth-order valence-electron chi connectivity index (χ4n) is 2.61. The average Bonchev–Trinajstić information content (AvgIpc) is 2.92. The van der Waals surface area contributed by atoms with Crippen LogP contribution in [0.4, 0.5) is 0 Å². The van der Waals surface area contributed by atoms with Crippen LogP contribution in [-0.4, -0.2) is 42.5 Å². The second-order valence-electron chi connectivity index (χ2n) is 6.18. The van der Waals surface area contributed by atoms with E-state index in [9.17, 15) is 13.2 Å². The maximum absolute atomic E-state index is 12.6. The van der Waals surface area contributed by atoms with Gasteiger partial charge in [-0.25, -0.2) is 13.6 Å². The lowest BCUT2D eigenvalue weighted by atomic mass is 10.0. The molecule has 2 atom stereocenters. The number of amides is 1. The van der Waals surface area contributed by atoms with Gasteiger partial charge < -0.3 is 4.90 Å². The number of nitrogens with zero attached hydrogens (tertiary/aromatic N) is 2. The molecule has 1 fully saturated rings. The molecule has 1 amide bonds. The van der Waals surface area contributed by atoms with E-state index < -0.39 is 10.0 Å². The van der Waals surface area contributed by atoms with Crippen LogP contribution in [0.15, 0.2) is 4.90 Å². The van der Waals surface area contributed by atoms with Crippen LogP contribution >= 0.6 is 0 Å². The molecule has 0 radical (unpaired) electrons. The number of carbonyl (C=O) groups excluding carboxylic acids is 1. The van der Waals surface area contributed by atoms with E-state index in [1.165, 1.54) is 0 Å². The zero-order chi connectivity index (χ0) is 15.9. The minimum atomic E-state index is -4.01. The van der Waals surface area contributed by atoms with E-state index in [0.717, 1.165) is 0 Å². The molecular weight excluding hydrogens is 292 g/mol. The van der Waals surface area contributed by atoms with Crippen molar-refractivity contribution in [1.29, 1.82) is 0 Å². The second-order valence-corrected chi connectivity index (χ2v) is 7.68. The van der Waals surface area contributed by atoms with E-state index in [-0.39, 0.29) is 22.4 Å². The first kappa shape index (κ1) is 16.0. The SMILES string of the molecule is CC(C)c1[nH]nc(C(=O)N2CC(C)C(C)C2)c1S(N)(=O)=O. The topological polar surface area (TPSA) is 109 Å². The van der Waals surface area contributed by atoms with Gasteiger partial charge in [0.2, 0.25) is 10.0 Å². The number of hydrogen-bond acceptors (Lipinski definition) is 4. The van der Waals surface area contributed by atoms with E-state index in [4.69, 9.17) is 5.14 Å². The molecule has 1 aliphatic heterocycles. The van der Waals surface area contributed by atoms with Gasteiger partial charge in [-0.2, -0.15) is 5.10 Å². The van der Waals surface area contributed by atoms with E-state index in [2.05, 4.69) is 24.0 Å². The van der Waals surface area contributed by atoms with E-state index >= 15 is 0 Å². The third-order valence-electron chi connectivity index (χ3n) is 4.09. The summed E-state index contributed by atoms with van der Waals surface area (Å²) >= 11 is 0. The van der Waals surface area contributed by atoms with Gasteiger partial charge >= 0.3 is 0 Å². The van der Waals surface area contributed by atoms with Crippen molar-refractivity contribution in [2.24, 2.45) is 17.0 Å². The lowest BCUT2D eigenvalue weighted by Gasteiger charge is -2.15. The Morgan fingerprint density at radius 1 is 1.33 bits per heavy atom. The molecule has 1 aromatic rings. The molecule has 0 saturated carbocycles. The summed E-state index contributed by atoms with van der Waals surface area (Å²) in [6.07, 6.45) is 0. The number of likely N-dealkylation sites (tertiary alicyclic amines) is 1. The van der Waals surface area contributed by atoms with Crippen molar-refractivity contribution in [3.63, 3.8) is 0 Å². The average molecular weight is 314 g/mol. The fourth-order valence-corrected chi connectivity index (χ4v) is 3.61. The number of sulfonamides is 1. The summed E-state index contributed by atoms with van der Waals surface area (Å²) in [5.74, 6) is 0.271. The molecule has 7 nitrogen and oxygen atoms in total. The Balaban J connectivity index is 2.43. The number of aromatic nitrogens is 2. The Bertz CT molecular complexity index is 640. The Hall–Kier alpha value is -1.41. The standard InChI is InChI=1S/C13H22N4O3S/c1-7(2)10-12(21(14,19)20)11(16-15-10)13(18)17-5-8(3)9(4)6-17/h7-9H,5-6H2,1-4H3,(H,15,16)(H2,14,19,20).